The fourth-order valence-electron chi connectivity index (χ4n) is 1.37. The van der Waals surface area contributed by atoms with Gasteiger partial charge in [0.1, 0.15) is 5.69 Å². The Hall–Kier alpha value is -2.21. The Bertz CT molecular complexity index is 549. The van der Waals surface area contributed by atoms with Crippen molar-refractivity contribution in [2.75, 3.05) is 5.32 Å². The normalized spacial score (nSPS) is 10.0. The molecule has 0 aromatic carbocycles. The topological polar surface area (TPSA) is 79.3 Å². The van der Waals surface area contributed by atoms with Crippen LogP contribution in [0.15, 0.2) is 35.8 Å². The van der Waals surface area contributed by atoms with E-state index in [-0.39, 0.29) is 11.6 Å². The number of amides is 1. The lowest BCUT2D eigenvalue weighted by atomic mass is 10.3. The number of nitrogens with one attached hydrogen (secondary N) is 1. The second-order valence-corrected chi connectivity index (χ2v) is 4.57. The number of anilines is 1. The van der Waals surface area contributed by atoms with Crippen LogP contribution in [0.25, 0.3) is 0 Å². The lowest BCUT2D eigenvalue weighted by Gasteiger charge is -2.03. The number of hydrogen-bond donors (Lipinski definition) is 2. The van der Waals surface area contributed by atoms with Crippen molar-refractivity contribution in [1.82, 2.24) is 4.98 Å². The molecule has 0 aliphatic rings. The first-order chi connectivity index (χ1) is 8.65. The highest BCUT2D eigenvalue weighted by Gasteiger charge is 2.07. The summed E-state index contributed by atoms with van der Waals surface area (Å²) in [4.78, 5) is 26.9. The molecule has 0 saturated heterocycles. The van der Waals surface area contributed by atoms with Crippen LogP contribution in [0.3, 0.4) is 0 Å². The van der Waals surface area contributed by atoms with E-state index in [1.54, 1.807) is 0 Å². The monoisotopic (exact) mass is 262 g/mol. The van der Waals surface area contributed by atoms with E-state index in [0.29, 0.717) is 12.1 Å². The van der Waals surface area contributed by atoms with Crippen molar-refractivity contribution in [3.63, 3.8) is 0 Å². The van der Waals surface area contributed by atoms with E-state index in [9.17, 15) is 9.59 Å². The molecular formula is C12H10N2O3S. The number of nitrogens with zero attached hydrogens (tertiary/aromatic N) is 1. The van der Waals surface area contributed by atoms with E-state index in [2.05, 4.69) is 10.3 Å². The van der Waals surface area contributed by atoms with Gasteiger partial charge in [0.25, 0.3) is 0 Å². The number of hydrogen-bond acceptors (Lipinski definition) is 4. The van der Waals surface area contributed by atoms with E-state index in [0.717, 1.165) is 4.88 Å². The number of carbonyl (C=O) groups is 2. The number of carbonyl (C=O) groups excluding carboxylic acids is 1. The van der Waals surface area contributed by atoms with E-state index in [4.69, 9.17) is 5.11 Å². The maximum Gasteiger partial charge on any atom is 0.354 e. The number of carboxylic acids is 1. The molecule has 0 atom stereocenters. The summed E-state index contributed by atoms with van der Waals surface area (Å²) in [5.74, 6) is -1.24. The molecule has 2 aromatic rings. The minimum Gasteiger partial charge on any atom is -0.477 e. The number of thiophene rings is 1. The van der Waals surface area contributed by atoms with Crippen molar-refractivity contribution in [3.8, 4) is 0 Å². The van der Waals surface area contributed by atoms with Crippen LogP contribution in [0, 0.1) is 0 Å². The summed E-state index contributed by atoms with van der Waals surface area (Å²) in [6.07, 6.45) is 1.63. The van der Waals surface area contributed by atoms with E-state index in [1.165, 1.54) is 29.7 Å². The van der Waals surface area contributed by atoms with Crippen molar-refractivity contribution in [3.05, 3.63) is 46.4 Å². The first kappa shape index (κ1) is 12.3. The Balaban J connectivity index is 1.97. The molecule has 0 unspecified atom stereocenters. The molecule has 0 saturated carbocycles. The Labute approximate surface area is 107 Å². The van der Waals surface area contributed by atoms with Crippen LogP contribution in [-0.2, 0) is 11.2 Å². The Morgan fingerprint density at radius 3 is 2.72 bits per heavy atom. The Kier molecular flexibility index (Phi) is 3.69. The first-order valence-corrected chi connectivity index (χ1v) is 6.04. The molecule has 2 heterocycles. The molecule has 0 radical (unpaired) electrons. The number of pyridine rings is 1. The van der Waals surface area contributed by atoms with Crippen molar-refractivity contribution in [2.24, 2.45) is 0 Å². The second-order valence-electron chi connectivity index (χ2n) is 3.54. The SMILES string of the molecule is O=C(Cc1cccs1)Nc1ccc(C(=O)O)nc1. The molecule has 2 aromatic heterocycles. The molecule has 6 heteroatoms. The molecule has 18 heavy (non-hydrogen) atoms. The fraction of sp³-hybridized carbons (Fsp3) is 0.0833. The molecular weight excluding hydrogens is 252 g/mol. The molecule has 2 rings (SSSR count). The maximum absolute atomic E-state index is 11.7. The zero-order valence-electron chi connectivity index (χ0n) is 9.29. The van der Waals surface area contributed by atoms with Gasteiger partial charge >= 0.3 is 5.97 Å². The van der Waals surface area contributed by atoms with Crippen molar-refractivity contribution < 1.29 is 14.7 Å². The zero-order chi connectivity index (χ0) is 13.0. The van der Waals surface area contributed by atoms with Crippen LogP contribution < -0.4 is 5.32 Å². The molecule has 0 aliphatic heterocycles. The smallest absolute Gasteiger partial charge is 0.354 e. The number of rotatable bonds is 4. The molecule has 92 valence electrons. The van der Waals surface area contributed by atoms with Gasteiger partial charge in [-0.3, -0.25) is 4.79 Å². The van der Waals surface area contributed by atoms with Crippen LogP contribution >= 0.6 is 11.3 Å². The van der Waals surface area contributed by atoms with E-state index >= 15 is 0 Å². The summed E-state index contributed by atoms with van der Waals surface area (Å²) >= 11 is 1.51. The highest BCUT2D eigenvalue weighted by molar-refractivity contribution is 7.10. The van der Waals surface area contributed by atoms with Crippen LogP contribution in [0.2, 0.25) is 0 Å². The third kappa shape index (κ3) is 3.14. The fourth-order valence-corrected chi connectivity index (χ4v) is 2.07. The second kappa shape index (κ2) is 5.42. The average molecular weight is 262 g/mol. The average Bonchev–Trinajstić information content (AvgIpc) is 2.82. The Morgan fingerprint density at radius 1 is 1.33 bits per heavy atom. The first-order valence-electron chi connectivity index (χ1n) is 5.17. The minimum absolute atomic E-state index is 0.0498. The maximum atomic E-state index is 11.7. The van der Waals surface area contributed by atoms with Gasteiger partial charge < -0.3 is 10.4 Å². The van der Waals surface area contributed by atoms with Gasteiger partial charge in [-0.25, -0.2) is 9.78 Å². The van der Waals surface area contributed by atoms with Gasteiger partial charge in [-0.1, -0.05) is 6.07 Å². The summed E-state index contributed by atoms with van der Waals surface area (Å²) in [5.41, 5.74) is 0.438. The van der Waals surface area contributed by atoms with E-state index in [1.807, 2.05) is 17.5 Å². The third-order valence-electron chi connectivity index (χ3n) is 2.18. The summed E-state index contributed by atoms with van der Waals surface area (Å²) in [5, 5.41) is 13.2. The molecule has 0 bridgehead atoms. The zero-order valence-corrected chi connectivity index (χ0v) is 10.1. The summed E-state index contributed by atoms with van der Waals surface area (Å²) in [6.45, 7) is 0. The molecule has 0 aliphatic carbocycles. The number of aromatic nitrogens is 1. The standard InChI is InChI=1S/C12H10N2O3S/c15-11(6-9-2-1-5-18-9)14-8-3-4-10(12(16)17)13-7-8/h1-5,7H,6H2,(H,14,15)(H,16,17). The van der Waals surface area contributed by atoms with Gasteiger partial charge in [0.2, 0.25) is 5.91 Å². The predicted molar refractivity (Wildman–Crippen MR) is 67.8 cm³/mol. The minimum atomic E-state index is -1.09. The molecule has 5 nitrogen and oxygen atoms in total. The van der Waals surface area contributed by atoms with Crippen molar-refractivity contribution in [2.45, 2.75) is 6.42 Å². The molecule has 1 amide bonds. The van der Waals surface area contributed by atoms with Gasteiger partial charge in [-0.05, 0) is 23.6 Å². The summed E-state index contributed by atoms with van der Waals surface area (Å²) in [6, 6.07) is 6.64. The molecule has 0 spiro atoms. The van der Waals surface area contributed by atoms with Gasteiger partial charge in [-0.2, -0.15) is 0 Å². The van der Waals surface area contributed by atoms with E-state index < -0.39 is 5.97 Å². The van der Waals surface area contributed by atoms with Gasteiger partial charge in [-0.15, -0.1) is 11.3 Å². The quantitative estimate of drug-likeness (QED) is 0.883. The van der Waals surface area contributed by atoms with Crippen LogP contribution in [0.1, 0.15) is 15.4 Å². The van der Waals surface area contributed by atoms with Crippen LogP contribution in [-0.4, -0.2) is 22.0 Å². The Morgan fingerprint density at radius 2 is 2.17 bits per heavy atom. The predicted octanol–water partition coefficient (Wildman–Crippen LogP) is 2.02. The highest BCUT2D eigenvalue weighted by Crippen LogP contribution is 2.11. The lowest BCUT2D eigenvalue weighted by molar-refractivity contribution is -0.115. The van der Waals surface area contributed by atoms with Crippen LogP contribution in [0.5, 0.6) is 0 Å². The molecule has 2 N–H and O–H groups in total. The molecule has 0 fully saturated rings. The highest BCUT2D eigenvalue weighted by atomic mass is 32.1. The number of aromatic carboxylic acids is 1. The lowest BCUT2D eigenvalue weighted by Crippen LogP contribution is -2.14. The summed E-state index contributed by atoms with van der Waals surface area (Å²) < 4.78 is 0. The van der Waals surface area contributed by atoms with Crippen LogP contribution in [0.4, 0.5) is 5.69 Å². The third-order valence-corrected chi connectivity index (χ3v) is 3.06. The van der Waals surface area contributed by atoms with Gasteiger partial charge in [0, 0.05) is 4.88 Å². The largest absolute Gasteiger partial charge is 0.477 e. The van der Waals surface area contributed by atoms with Crippen molar-refractivity contribution >= 4 is 28.9 Å². The number of carboxylic acid groups (broad SMARTS) is 1. The van der Waals surface area contributed by atoms with Crippen molar-refractivity contribution in [1.29, 1.82) is 0 Å². The van der Waals surface area contributed by atoms with Gasteiger partial charge in [0.05, 0.1) is 18.3 Å². The van der Waals surface area contributed by atoms with Gasteiger partial charge in [0.15, 0.2) is 0 Å². The summed E-state index contributed by atoms with van der Waals surface area (Å²) in [7, 11) is 0.